The summed E-state index contributed by atoms with van der Waals surface area (Å²) >= 11 is 1.64. The van der Waals surface area contributed by atoms with E-state index in [9.17, 15) is 9.18 Å². The summed E-state index contributed by atoms with van der Waals surface area (Å²) in [6.07, 6.45) is 9.13. The fraction of sp³-hybridized carbons (Fsp3) is 0.462. The summed E-state index contributed by atoms with van der Waals surface area (Å²) < 4.78 is 16.1. The fourth-order valence-corrected chi connectivity index (χ4v) is 6.36. The van der Waals surface area contributed by atoms with Crippen LogP contribution in [0.2, 0.25) is 0 Å². The SMILES string of the molecule is Cn1c(SCc2cccnc2)nnc1C1CCCN(C(=O)C2(c3cccc(F)c3)CCCC2)C1. The van der Waals surface area contributed by atoms with Crippen molar-refractivity contribution in [1.29, 1.82) is 0 Å². The number of thioether (sulfide) groups is 1. The van der Waals surface area contributed by atoms with Crippen molar-refractivity contribution in [3.8, 4) is 0 Å². The molecule has 0 bridgehead atoms. The third-order valence-electron chi connectivity index (χ3n) is 7.28. The average Bonchev–Trinajstić information content (AvgIpc) is 3.51. The Morgan fingerprint density at radius 2 is 2.03 bits per heavy atom. The number of nitrogens with zero attached hydrogens (tertiary/aromatic N) is 5. The Labute approximate surface area is 204 Å². The second kappa shape index (κ2) is 9.86. The molecule has 34 heavy (non-hydrogen) atoms. The van der Waals surface area contributed by atoms with E-state index >= 15 is 0 Å². The van der Waals surface area contributed by atoms with Gasteiger partial charge >= 0.3 is 0 Å². The van der Waals surface area contributed by atoms with Crippen LogP contribution in [0.5, 0.6) is 0 Å². The number of halogens is 1. The molecule has 2 fully saturated rings. The van der Waals surface area contributed by atoms with Gasteiger partial charge in [-0.05, 0) is 55.0 Å². The van der Waals surface area contributed by atoms with Gasteiger partial charge in [0.25, 0.3) is 0 Å². The molecule has 1 atom stereocenters. The topological polar surface area (TPSA) is 63.9 Å². The number of piperidine rings is 1. The molecule has 1 aromatic carbocycles. The lowest BCUT2D eigenvalue weighted by molar-refractivity contribution is -0.138. The minimum absolute atomic E-state index is 0.147. The van der Waals surface area contributed by atoms with Gasteiger partial charge < -0.3 is 9.47 Å². The predicted octanol–water partition coefficient (Wildman–Crippen LogP) is 4.86. The van der Waals surface area contributed by atoms with Gasteiger partial charge in [0.15, 0.2) is 5.16 Å². The van der Waals surface area contributed by atoms with Crippen LogP contribution in [0.15, 0.2) is 53.9 Å². The van der Waals surface area contributed by atoms with Gasteiger partial charge in [-0.15, -0.1) is 10.2 Å². The van der Waals surface area contributed by atoms with E-state index in [0.717, 1.165) is 72.9 Å². The molecule has 8 heteroatoms. The number of rotatable bonds is 6. The van der Waals surface area contributed by atoms with Crippen LogP contribution in [-0.4, -0.2) is 43.6 Å². The van der Waals surface area contributed by atoms with Crippen LogP contribution in [0.3, 0.4) is 0 Å². The normalized spacial score (nSPS) is 19.9. The molecule has 1 unspecified atom stereocenters. The molecule has 0 spiro atoms. The molecule has 2 aliphatic rings. The van der Waals surface area contributed by atoms with Crippen molar-refractivity contribution in [2.75, 3.05) is 13.1 Å². The number of carbonyl (C=O) groups is 1. The number of pyridine rings is 1. The van der Waals surface area contributed by atoms with Crippen molar-refractivity contribution in [3.63, 3.8) is 0 Å². The van der Waals surface area contributed by atoms with E-state index in [-0.39, 0.29) is 17.6 Å². The molecule has 3 heterocycles. The zero-order valence-electron chi connectivity index (χ0n) is 19.5. The van der Waals surface area contributed by atoms with Crippen LogP contribution in [0.4, 0.5) is 4.39 Å². The van der Waals surface area contributed by atoms with E-state index in [1.165, 1.54) is 6.07 Å². The smallest absolute Gasteiger partial charge is 0.233 e. The summed E-state index contributed by atoms with van der Waals surface area (Å²) in [6.45, 7) is 1.38. The second-order valence-electron chi connectivity index (χ2n) is 9.44. The highest BCUT2D eigenvalue weighted by molar-refractivity contribution is 7.98. The van der Waals surface area contributed by atoms with E-state index in [1.807, 2.05) is 30.3 Å². The number of aromatic nitrogens is 4. The maximum Gasteiger partial charge on any atom is 0.233 e. The van der Waals surface area contributed by atoms with Crippen molar-refractivity contribution >= 4 is 17.7 Å². The van der Waals surface area contributed by atoms with Crippen molar-refractivity contribution in [1.82, 2.24) is 24.6 Å². The maximum absolute atomic E-state index is 14.0. The van der Waals surface area contributed by atoms with E-state index in [0.29, 0.717) is 6.54 Å². The highest BCUT2D eigenvalue weighted by atomic mass is 32.2. The summed E-state index contributed by atoms with van der Waals surface area (Å²) in [6, 6.07) is 10.6. The Morgan fingerprint density at radius 3 is 2.79 bits per heavy atom. The standard InChI is InChI=1S/C26H30FN5OS/c1-31-23(29-30-25(31)34-18-19-7-5-13-28-16-19)20-8-6-14-32(17-20)24(33)26(11-2-3-12-26)21-9-4-10-22(27)15-21/h4-5,7,9-10,13,15-16,20H,2-3,6,8,11-12,14,17-18H2,1H3. The molecule has 5 rings (SSSR count). The molecule has 0 radical (unpaired) electrons. The third kappa shape index (κ3) is 4.48. The molecule has 1 amide bonds. The van der Waals surface area contributed by atoms with Crippen molar-refractivity contribution in [3.05, 3.63) is 71.6 Å². The lowest BCUT2D eigenvalue weighted by atomic mass is 9.77. The molecule has 1 aliphatic carbocycles. The first kappa shape index (κ1) is 23.0. The van der Waals surface area contributed by atoms with Crippen LogP contribution >= 0.6 is 11.8 Å². The van der Waals surface area contributed by atoms with Gasteiger partial charge in [-0.1, -0.05) is 42.8 Å². The Hall–Kier alpha value is -2.74. The van der Waals surface area contributed by atoms with Gasteiger partial charge in [-0.3, -0.25) is 9.78 Å². The first-order valence-electron chi connectivity index (χ1n) is 12.0. The summed E-state index contributed by atoms with van der Waals surface area (Å²) in [4.78, 5) is 20.1. The number of benzene rings is 1. The molecule has 2 aromatic heterocycles. The summed E-state index contributed by atoms with van der Waals surface area (Å²) in [5.41, 5.74) is 1.37. The maximum atomic E-state index is 14.0. The average molecular weight is 480 g/mol. The van der Waals surface area contributed by atoms with Crippen molar-refractivity contribution in [2.24, 2.45) is 7.05 Å². The number of hydrogen-bond donors (Lipinski definition) is 0. The minimum Gasteiger partial charge on any atom is -0.341 e. The molecule has 1 aliphatic heterocycles. The Kier molecular flexibility index (Phi) is 6.68. The van der Waals surface area contributed by atoms with Crippen LogP contribution in [-0.2, 0) is 23.0 Å². The largest absolute Gasteiger partial charge is 0.341 e. The van der Waals surface area contributed by atoms with Gasteiger partial charge in [-0.2, -0.15) is 0 Å². The second-order valence-corrected chi connectivity index (χ2v) is 10.4. The number of carbonyl (C=O) groups excluding carboxylic acids is 1. The quantitative estimate of drug-likeness (QED) is 0.473. The van der Waals surface area contributed by atoms with E-state index < -0.39 is 5.41 Å². The first-order chi connectivity index (χ1) is 16.6. The molecular formula is C26H30FN5OS. The zero-order valence-corrected chi connectivity index (χ0v) is 20.3. The zero-order chi connectivity index (χ0) is 23.5. The van der Waals surface area contributed by atoms with Gasteiger partial charge in [0, 0.05) is 44.2 Å². The Balaban J connectivity index is 1.32. The Bertz CT molecular complexity index is 1150. The first-order valence-corrected chi connectivity index (χ1v) is 13.0. The fourth-order valence-electron chi connectivity index (χ4n) is 5.50. The number of hydrogen-bond acceptors (Lipinski definition) is 5. The van der Waals surface area contributed by atoms with Crippen molar-refractivity contribution in [2.45, 2.75) is 60.8 Å². The van der Waals surface area contributed by atoms with Gasteiger partial charge in [0.1, 0.15) is 11.6 Å². The summed E-state index contributed by atoms with van der Waals surface area (Å²) in [5.74, 6) is 1.73. The Morgan fingerprint density at radius 1 is 1.18 bits per heavy atom. The van der Waals surface area contributed by atoms with Gasteiger partial charge in [0.2, 0.25) is 5.91 Å². The summed E-state index contributed by atoms with van der Waals surface area (Å²) in [5, 5.41) is 9.82. The highest BCUT2D eigenvalue weighted by Gasteiger charge is 2.46. The number of amides is 1. The van der Waals surface area contributed by atoms with Crippen LogP contribution in [0.1, 0.15) is 61.4 Å². The van der Waals surface area contributed by atoms with E-state index in [1.54, 1.807) is 30.1 Å². The van der Waals surface area contributed by atoms with E-state index in [2.05, 4.69) is 25.8 Å². The van der Waals surface area contributed by atoms with Gasteiger partial charge in [0.05, 0.1) is 5.41 Å². The highest BCUT2D eigenvalue weighted by Crippen LogP contribution is 2.44. The molecule has 0 N–H and O–H groups in total. The van der Waals surface area contributed by atoms with E-state index in [4.69, 9.17) is 0 Å². The third-order valence-corrected chi connectivity index (χ3v) is 8.37. The molecule has 6 nitrogen and oxygen atoms in total. The molecular weight excluding hydrogens is 449 g/mol. The lowest BCUT2D eigenvalue weighted by Gasteiger charge is -2.39. The summed E-state index contributed by atoms with van der Waals surface area (Å²) in [7, 11) is 2.01. The van der Waals surface area contributed by atoms with Crippen LogP contribution < -0.4 is 0 Å². The number of likely N-dealkylation sites (tertiary alicyclic amines) is 1. The monoisotopic (exact) mass is 479 g/mol. The molecule has 3 aromatic rings. The lowest BCUT2D eigenvalue weighted by Crippen LogP contribution is -2.49. The molecule has 1 saturated carbocycles. The molecule has 1 saturated heterocycles. The van der Waals surface area contributed by atoms with Crippen LogP contribution in [0, 0.1) is 5.82 Å². The van der Waals surface area contributed by atoms with Gasteiger partial charge in [-0.25, -0.2) is 4.39 Å². The molecule has 178 valence electrons. The predicted molar refractivity (Wildman–Crippen MR) is 130 cm³/mol. The van der Waals surface area contributed by atoms with Crippen LogP contribution in [0.25, 0.3) is 0 Å². The minimum atomic E-state index is -0.603. The van der Waals surface area contributed by atoms with Crippen molar-refractivity contribution < 1.29 is 9.18 Å².